The van der Waals surface area contributed by atoms with Crippen LogP contribution in [0.25, 0.3) is 5.76 Å². The predicted molar refractivity (Wildman–Crippen MR) is 84.1 cm³/mol. The molecule has 0 aliphatic rings. The van der Waals surface area contributed by atoms with E-state index in [4.69, 9.17) is 8.94 Å². The average Bonchev–Trinajstić information content (AvgIpc) is 3.19. The van der Waals surface area contributed by atoms with Crippen molar-refractivity contribution in [2.24, 2.45) is 0 Å². The molecule has 3 rings (SSSR count). The van der Waals surface area contributed by atoms with Gasteiger partial charge >= 0.3 is 0 Å². The van der Waals surface area contributed by atoms with Crippen molar-refractivity contribution in [2.75, 3.05) is 0 Å². The van der Waals surface area contributed by atoms with Gasteiger partial charge < -0.3 is 14.0 Å². The van der Waals surface area contributed by atoms with Crippen LogP contribution in [0, 0.1) is 12.7 Å². The minimum absolute atomic E-state index is 0.0962. The number of aliphatic hydroxyl groups is 1. The van der Waals surface area contributed by atoms with E-state index in [2.05, 4.69) is 5.16 Å². The van der Waals surface area contributed by atoms with Crippen molar-refractivity contribution >= 4 is 11.5 Å². The van der Waals surface area contributed by atoms with E-state index in [0.717, 1.165) is 11.6 Å². The third kappa shape index (κ3) is 3.60. The van der Waals surface area contributed by atoms with Crippen LogP contribution in [0.15, 0.2) is 57.5 Å². The number of furan rings is 1. The molecule has 24 heavy (non-hydrogen) atoms. The first kappa shape index (κ1) is 15.7. The van der Waals surface area contributed by atoms with Gasteiger partial charge in [-0.2, -0.15) is 0 Å². The van der Waals surface area contributed by atoms with Gasteiger partial charge in [0.2, 0.25) is 5.78 Å². The van der Waals surface area contributed by atoms with Crippen molar-refractivity contribution in [3.8, 4) is 0 Å². The SMILES string of the molecule is Cc1cc(/C(O)=C/C(=O)c2ccc(Cc3ccc(F)cc3)o2)no1. The summed E-state index contributed by atoms with van der Waals surface area (Å²) < 4.78 is 23.2. The van der Waals surface area contributed by atoms with Crippen LogP contribution in [-0.2, 0) is 6.42 Å². The molecular formula is C18H14FNO4. The number of ketones is 1. The highest BCUT2D eigenvalue weighted by Gasteiger charge is 2.13. The first-order valence-electron chi connectivity index (χ1n) is 7.23. The molecule has 5 nitrogen and oxygen atoms in total. The predicted octanol–water partition coefficient (Wildman–Crippen LogP) is 4.09. The van der Waals surface area contributed by atoms with E-state index < -0.39 is 5.78 Å². The molecular weight excluding hydrogens is 313 g/mol. The first-order valence-corrected chi connectivity index (χ1v) is 7.23. The summed E-state index contributed by atoms with van der Waals surface area (Å²) in [4.78, 5) is 12.1. The van der Waals surface area contributed by atoms with Gasteiger partial charge in [-0.1, -0.05) is 17.3 Å². The molecule has 0 aliphatic heterocycles. The number of carbonyl (C=O) groups excluding carboxylic acids is 1. The van der Waals surface area contributed by atoms with Crippen molar-refractivity contribution in [3.05, 3.63) is 82.9 Å². The van der Waals surface area contributed by atoms with Crippen molar-refractivity contribution in [3.63, 3.8) is 0 Å². The highest BCUT2D eigenvalue weighted by atomic mass is 19.1. The summed E-state index contributed by atoms with van der Waals surface area (Å²) in [5, 5.41) is 13.5. The second kappa shape index (κ2) is 6.54. The molecule has 3 aromatic rings. The Morgan fingerprint density at radius 3 is 2.67 bits per heavy atom. The lowest BCUT2D eigenvalue weighted by atomic mass is 10.1. The number of aliphatic hydroxyl groups excluding tert-OH is 1. The van der Waals surface area contributed by atoms with Gasteiger partial charge in [-0.25, -0.2) is 4.39 Å². The molecule has 122 valence electrons. The number of aromatic nitrogens is 1. The summed E-state index contributed by atoms with van der Waals surface area (Å²) in [6, 6.07) is 10.7. The Labute approximate surface area is 137 Å². The van der Waals surface area contributed by atoms with Gasteiger partial charge in [0.25, 0.3) is 0 Å². The Morgan fingerprint density at radius 2 is 2.00 bits per heavy atom. The summed E-state index contributed by atoms with van der Waals surface area (Å²) in [5.74, 6) is 0.0931. The molecule has 0 saturated carbocycles. The zero-order chi connectivity index (χ0) is 17.1. The number of allylic oxidation sites excluding steroid dienone is 1. The van der Waals surface area contributed by atoms with E-state index in [-0.39, 0.29) is 23.0 Å². The van der Waals surface area contributed by atoms with Gasteiger partial charge in [0.1, 0.15) is 28.8 Å². The van der Waals surface area contributed by atoms with Crippen LogP contribution < -0.4 is 0 Å². The minimum Gasteiger partial charge on any atom is -0.505 e. The van der Waals surface area contributed by atoms with Crippen LogP contribution in [0.1, 0.15) is 33.3 Å². The Hall–Kier alpha value is -3.15. The van der Waals surface area contributed by atoms with Crippen LogP contribution in [0.5, 0.6) is 0 Å². The Kier molecular flexibility index (Phi) is 4.29. The summed E-state index contributed by atoms with van der Waals surface area (Å²) in [6.45, 7) is 1.68. The molecule has 1 N–H and O–H groups in total. The second-order valence-corrected chi connectivity index (χ2v) is 5.29. The van der Waals surface area contributed by atoms with E-state index in [0.29, 0.717) is 17.9 Å². The number of rotatable bonds is 5. The van der Waals surface area contributed by atoms with Crippen LogP contribution in [0.2, 0.25) is 0 Å². The number of halogens is 1. The summed E-state index contributed by atoms with van der Waals surface area (Å²) in [7, 11) is 0. The number of carbonyl (C=O) groups is 1. The number of aryl methyl sites for hydroxylation is 1. The van der Waals surface area contributed by atoms with Crippen LogP contribution in [-0.4, -0.2) is 16.0 Å². The van der Waals surface area contributed by atoms with Crippen molar-refractivity contribution in [1.82, 2.24) is 5.16 Å². The molecule has 2 aromatic heterocycles. The molecule has 2 heterocycles. The van der Waals surface area contributed by atoms with Crippen LogP contribution >= 0.6 is 0 Å². The summed E-state index contributed by atoms with van der Waals surface area (Å²) in [6.07, 6.45) is 1.46. The Balaban J connectivity index is 1.72. The number of benzene rings is 1. The van der Waals surface area contributed by atoms with Gasteiger partial charge in [0, 0.05) is 18.6 Å². The van der Waals surface area contributed by atoms with Gasteiger partial charge in [0.05, 0.1) is 0 Å². The average molecular weight is 327 g/mol. The molecule has 0 radical (unpaired) electrons. The fourth-order valence-electron chi connectivity index (χ4n) is 2.17. The molecule has 0 fully saturated rings. The smallest absolute Gasteiger partial charge is 0.224 e. The van der Waals surface area contributed by atoms with Gasteiger partial charge in [0.15, 0.2) is 5.76 Å². The van der Waals surface area contributed by atoms with Gasteiger partial charge in [-0.15, -0.1) is 0 Å². The maximum Gasteiger partial charge on any atom is 0.224 e. The van der Waals surface area contributed by atoms with E-state index >= 15 is 0 Å². The molecule has 0 aliphatic carbocycles. The van der Waals surface area contributed by atoms with Gasteiger partial charge in [-0.3, -0.25) is 4.79 Å². The number of nitrogens with zero attached hydrogens (tertiary/aromatic N) is 1. The van der Waals surface area contributed by atoms with E-state index in [1.54, 1.807) is 25.1 Å². The van der Waals surface area contributed by atoms with Crippen molar-refractivity contribution in [1.29, 1.82) is 0 Å². The second-order valence-electron chi connectivity index (χ2n) is 5.29. The van der Waals surface area contributed by atoms with E-state index in [9.17, 15) is 14.3 Å². The van der Waals surface area contributed by atoms with E-state index in [1.807, 2.05) is 0 Å². The van der Waals surface area contributed by atoms with Crippen molar-refractivity contribution in [2.45, 2.75) is 13.3 Å². The fraction of sp³-hybridized carbons (Fsp3) is 0.111. The fourth-order valence-corrected chi connectivity index (χ4v) is 2.17. The highest BCUT2D eigenvalue weighted by molar-refractivity contribution is 6.05. The lowest BCUT2D eigenvalue weighted by Crippen LogP contribution is -1.95. The molecule has 0 bridgehead atoms. The third-order valence-corrected chi connectivity index (χ3v) is 3.35. The van der Waals surface area contributed by atoms with E-state index in [1.165, 1.54) is 24.3 Å². The van der Waals surface area contributed by atoms with Crippen LogP contribution in [0.4, 0.5) is 4.39 Å². The molecule has 0 atom stereocenters. The first-order chi connectivity index (χ1) is 11.5. The zero-order valence-electron chi connectivity index (χ0n) is 12.8. The number of hydrogen-bond donors (Lipinski definition) is 1. The standard InChI is InChI=1S/C18H14FNO4/c1-11-8-15(20-24-11)16(21)10-17(22)18-7-6-14(23-18)9-12-2-4-13(19)5-3-12/h2-8,10,21H,9H2,1H3/b16-10-. The Morgan fingerprint density at radius 1 is 1.25 bits per heavy atom. The monoisotopic (exact) mass is 327 g/mol. The highest BCUT2D eigenvalue weighted by Crippen LogP contribution is 2.17. The summed E-state index contributed by atoms with van der Waals surface area (Å²) >= 11 is 0. The topological polar surface area (TPSA) is 76.5 Å². The molecule has 6 heteroatoms. The maximum absolute atomic E-state index is 12.9. The number of hydrogen-bond acceptors (Lipinski definition) is 5. The van der Waals surface area contributed by atoms with Crippen LogP contribution in [0.3, 0.4) is 0 Å². The quantitative estimate of drug-likeness (QED) is 0.434. The summed E-state index contributed by atoms with van der Waals surface area (Å²) in [5.41, 5.74) is 1.04. The maximum atomic E-state index is 12.9. The largest absolute Gasteiger partial charge is 0.505 e. The minimum atomic E-state index is -0.487. The lowest BCUT2D eigenvalue weighted by Gasteiger charge is -1.98. The normalized spacial score (nSPS) is 11.7. The Bertz CT molecular complexity index is 890. The van der Waals surface area contributed by atoms with Gasteiger partial charge in [-0.05, 0) is 36.8 Å². The third-order valence-electron chi connectivity index (χ3n) is 3.35. The van der Waals surface area contributed by atoms with Crippen molar-refractivity contribution < 1.29 is 23.2 Å². The molecule has 0 unspecified atom stereocenters. The molecule has 0 amide bonds. The molecule has 1 aromatic carbocycles. The zero-order valence-corrected chi connectivity index (χ0v) is 12.8. The lowest BCUT2D eigenvalue weighted by molar-refractivity contribution is 0.101. The molecule has 0 spiro atoms. The molecule has 0 saturated heterocycles.